The van der Waals surface area contributed by atoms with Gasteiger partial charge >= 0.3 is 0 Å². The van der Waals surface area contributed by atoms with Crippen molar-refractivity contribution in [3.63, 3.8) is 0 Å². The second kappa shape index (κ2) is 6.29. The van der Waals surface area contributed by atoms with Crippen LogP contribution in [0.5, 0.6) is 0 Å². The summed E-state index contributed by atoms with van der Waals surface area (Å²) in [5, 5.41) is 8.94. The number of nitrogens with one attached hydrogen (secondary N) is 2. The number of aryl methyl sites for hydroxylation is 2. The highest BCUT2D eigenvalue weighted by molar-refractivity contribution is 7.14. The molecule has 0 radical (unpaired) electrons. The highest BCUT2D eigenvalue weighted by Crippen LogP contribution is 2.28. The van der Waals surface area contributed by atoms with Gasteiger partial charge in [-0.1, -0.05) is 23.8 Å². The van der Waals surface area contributed by atoms with Crippen molar-refractivity contribution < 1.29 is 9.59 Å². The van der Waals surface area contributed by atoms with Gasteiger partial charge in [-0.3, -0.25) is 14.9 Å². The number of amides is 2. The average Bonchev–Trinajstić information content (AvgIpc) is 2.96. The Kier molecular flexibility index (Phi) is 4.20. The Hall–Kier alpha value is -2.54. The summed E-state index contributed by atoms with van der Waals surface area (Å²) < 4.78 is 0. The Morgan fingerprint density at radius 1 is 1.30 bits per heavy atom. The van der Waals surface area contributed by atoms with Crippen molar-refractivity contribution in [2.75, 3.05) is 5.32 Å². The maximum Gasteiger partial charge on any atom is 0.273 e. The normalized spacial score (nSPS) is 14.2. The van der Waals surface area contributed by atoms with Gasteiger partial charge in [0.2, 0.25) is 5.91 Å². The van der Waals surface area contributed by atoms with Crippen LogP contribution in [0.3, 0.4) is 0 Å². The summed E-state index contributed by atoms with van der Waals surface area (Å²) in [7, 11) is 0. The van der Waals surface area contributed by atoms with Crippen LogP contribution in [0.2, 0.25) is 0 Å². The number of benzene rings is 1. The number of aromatic nitrogens is 1. The molecule has 118 valence electrons. The molecule has 2 amide bonds. The van der Waals surface area contributed by atoms with Crippen LogP contribution in [0.4, 0.5) is 5.13 Å². The number of carbonyl (C=O) groups is 2. The zero-order valence-corrected chi connectivity index (χ0v) is 13.7. The van der Waals surface area contributed by atoms with Crippen LogP contribution in [0.25, 0.3) is 11.3 Å². The van der Waals surface area contributed by atoms with Gasteiger partial charge in [0.15, 0.2) is 5.13 Å². The number of hydrogen-bond acceptors (Lipinski definition) is 5. The van der Waals surface area contributed by atoms with Crippen LogP contribution in [0.1, 0.15) is 24.0 Å². The van der Waals surface area contributed by atoms with E-state index in [-0.39, 0.29) is 18.2 Å². The fraction of sp³-hybridized carbons (Fsp3) is 0.250. The zero-order valence-electron chi connectivity index (χ0n) is 12.8. The molecule has 3 rings (SSSR count). The van der Waals surface area contributed by atoms with E-state index in [9.17, 15) is 9.59 Å². The van der Waals surface area contributed by atoms with Gasteiger partial charge in [-0.15, -0.1) is 11.3 Å². The smallest absolute Gasteiger partial charge is 0.273 e. The maximum absolute atomic E-state index is 12.1. The van der Waals surface area contributed by atoms with E-state index in [2.05, 4.69) is 26.9 Å². The molecule has 6 nitrogen and oxygen atoms in total. The van der Waals surface area contributed by atoms with Gasteiger partial charge in [-0.25, -0.2) is 10.4 Å². The molecule has 0 saturated carbocycles. The van der Waals surface area contributed by atoms with E-state index in [1.54, 1.807) is 0 Å². The van der Waals surface area contributed by atoms with E-state index in [0.717, 1.165) is 16.8 Å². The van der Waals surface area contributed by atoms with Crippen LogP contribution in [-0.2, 0) is 9.59 Å². The molecule has 23 heavy (non-hydrogen) atoms. The Bertz CT molecular complexity index is 810. The van der Waals surface area contributed by atoms with Crippen LogP contribution >= 0.6 is 11.3 Å². The average molecular weight is 328 g/mol. The molecule has 0 fully saturated rings. The Balaban J connectivity index is 1.75. The number of carbonyl (C=O) groups excluding carboxylic acids is 2. The van der Waals surface area contributed by atoms with Crippen molar-refractivity contribution in [2.45, 2.75) is 26.7 Å². The lowest BCUT2D eigenvalue weighted by atomic mass is 10.0. The highest BCUT2D eigenvalue weighted by Gasteiger charge is 2.19. The lowest BCUT2D eigenvalue weighted by molar-refractivity contribution is -0.121. The van der Waals surface area contributed by atoms with Crippen molar-refractivity contribution in [1.82, 2.24) is 10.4 Å². The number of nitrogens with zero attached hydrogens (tertiary/aromatic N) is 2. The SMILES string of the molecule is Cc1ccc(-c2csc(NC(=O)C3=NNC(=O)CC3)n2)c(C)c1. The largest absolute Gasteiger partial charge is 0.297 e. The van der Waals surface area contributed by atoms with Gasteiger partial charge in [-0.2, -0.15) is 5.10 Å². The topological polar surface area (TPSA) is 83.5 Å². The van der Waals surface area contributed by atoms with Crippen LogP contribution < -0.4 is 10.7 Å². The van der Waals surface area contributed by atoms with Crippen LogP contribution in [0.15, 0.2) is 28.7 Å². The molecule has 0 atom stereocenters. The fourth-order valence-corrected chi connectivity index (χ4v) is 3.07. The summed E-state index contributed by atoms with van der Waals surface area (Å²) in [5.74, 6) is -0.501. The molecule has 2 heterocycles. The summed E-state index contributed by atoms with van der Waals surface area (Å²) >= 11 is 1.36. The molecule has 0 aliphatic carbocycles. The standard InChI is InChI=1S/C16H16N4O2S/c1-9-3-4-11(10(2)7-9)13-8-23-16(17-13)18-15(22)12-5-6-14(21)20-19-12/h3-4,7-8H,5-6H2,1-2H3,(H,20,21)(H,17,18,22). The van der Waals surface area contributed by atoms with Crippen molar-refractivity contribution in [3.05, 3.63) is 34.7 Å². The van der Waals surface area contributed by atoms with E-state index < -0.39 is 0 Å². The van der Waals surface area contributed by atoms with Gasteiger partial charge in [0, 0.05) is 23.8 Å². The van der Waals surface area contributed by atoms with Crippen LogP contribution in [-0.4, -0.2) is 22.5 Å². The summed E-state index contributed by atoms with van der Waals surface area (Å²) in [6.07, 6.45) is 0.616. The first kappa shape index (κ1) is 15.4. The molecule has 2 N–H and O–H groups in total. The third-order valence-corrected chi connectivity index (χ3v) is 4.31. The monoisotopic (exact) mass is 328 g/mol. The first-order chi connectivity index (χ1) is 11.0. The molecular weight excluding hydrogens is 312 g/mol. The number of rotatable bonds is 3. The van der Waals surface area contributed by atoms with Gasteiger partial charge in [0.05, 0.1) is 5.69 Å². The molecule has 0 saturated heterocycles. The molecule has 1 aromatic heterocycles. The second-order valence-electron chi connectivity index (χ2n) is 5.40. The minimum atomic E-state index is -0.327. The predicted octanol–water partition coefficient (Wildman–Crippen LogP) is 2.63. The van der Waals surface area contributed by atoms with E-state index >= 15 is 0 Å². The van der Waals surface area contributed by atoms with E-state index in [4.69, 9.17) is 0 Å². The van der Waals surface area contributed by atoms with Crippen molar-refractivity contribution in [2.24, 2.45) is 5.10 Å². The molecule has 0 spiro atoms. The molecule has 1 aromatic carbocycles. The van der Waals surface area contributed by atoms with Crippen molar-refractivity contribution in [1.29, 1.82) is 0 Å². The Morgan fingerprint density at radius 3 is 2.83 bits per heavy atom. The minimum Gasteiger partial charge on any atom is -0.297 e. The number of hydrogen-bond donors (Lipinski definition) is 2. The van der Waals surface area contributed by atoms with E-state index in [1.807, 2.05) is 31.4 Å². The summed E-state index contributed by atoms with van der Waals surface area (Å²) in [6, 6.07) is 6.18. The zero-order chi connectivity index (χ0) is 16.4. The van der Waals surface area contributed by atoms with E-state index in [1.165, 1.54) is 16.9 Å². The molecule has 0 bridgehead atoms. The third-order valence-electron chi connectivity index (χ3n) is 3.55. The Labute approximate surface area is 137 Å². The van der Waals surface area contributed by atoms with Crippen LogP contribution in [0, 0.1) is 13.8 Å². The minimum absolute atomic E-state index is 0.173. The van der Waals surface area contributed by atoms with Gasteiger partial charge in [0.25, 0.3) is 5.91 Å². The first-order valence-electron chi connectivity index (χ1n) is 7.23. The molecule has 2 aromatic rings. The summed E-state index contributed by atoms with van der Waals surface area (Å²) in [6.45, 7) is 4.09. The maximum atomic E-state index is 12.1. The molecular formula is C16H16N4O2S. The lowest BCUT2D eigenvalue weighted by Gasteiger charge is -2.10. The van der Waals surface area contributed by atoms with Gasteiger partial charge in [-0.05, 0) is 19.4 Å². The predicted molar refractivity (Wildman–Crippen MR) is 90.5 cm³/mol. The van der Waals surface area contributed by atoms with Crippen molar-refractivity contribution in [3.8, 4) is 11.3 Å². The van der Waals surface area contributed by atoms with Gasteiger partial charge < -0.3 is 0 Å². The molecule has 1 aliphatic heterocycles. The number of hydrazone groups is 1. The summed E-state index contributed by atoms with van der Waals surface area (Å²) in [4.78, 5) is 27.6. The molecule has 7 heteroatoms. The number of thiazole rings is 1. The highest BCUT2D eigenvalue weighted by atomic mass is 32.1. The first-order valence-corrected chi connectivity index (χ1v) is 8.11. The molecule has 0 unspecified atom stereocenters. The van der Waals surface area contributed by atoms with Crippen molar-refractivity contribution >= 4 is 34.0 Å². The van der Waals surface area contributed by atoms with Gasteiger partial charge in [0.1, 0.15) is 5.71 Å². The fourth-order valence-electron chi connectivity index (χ4n) is 2.36. The lowest BCUT2D eigenvalue weighted by Crippen LogP contribution is -2.32. The number of anilines is 1. The van der Waals surface area contributed by atoms with E-state index in [0.29, 0.717) is 17.3 Å². The second-order valence-corrected chi connectivity index (χ2v) is 6.26. The molecule has 1 aliphatic rings. The third kappa shape index (κ3) is 3.45. The summed E-state index contributed by atoms with van der Waals surface area (Å²) in [5.41, 5.74) is 6.86. The quantitative estimate of drug-likeness (QED) is 0.908. The Morgan fingerprint density at radius 2 is 2.13 bits per heavy atom.